The van der Waals surface area contributed by atoms with Crippen molar-refractivity contribution in [2.45, 2.75) is 13.1 Å². The van der Waals surface area contributed by atoms with Crippen molar-refractivity contribution in [1.82, 2.24) is 14.5 Å². The molecule has 1 amide bonds. The molecule has 28 heavy (non-hydrogen) atoms. The van der Waals surface area contributed by atoms with E-state index in [1.807, 2.05) is 48.5 Å². The molecule has 2 heterocycles. The van der Waals surface area contributed by atoms with Gasteiger partial charge in [0.25, 0.3) is 5.91 Å². The maximum Gasteiger partial charge on any atom is 0.289 e. The predicted octanol–water partition coefficient (Wildman–Crippen LogP) is 3.96. The van der Waals surface area contributed by atoms with E-state index in [4.69, 9.17) is 14.1 Å². The fraction of sp³-hybridized carbons (Fsp3) is 0.182. The molecule has 0 saturated carbocycles. The largest absolute Gasteiger partial charge is 0.497 e. The van der Waals surface area contributed by atoms with Gasteiger partial charge in [-0.05, 0) is 42.0 Å². The highest BCUT2D eigenvalue weighted by atomic mass is 16.5. The smallest absolute Gasteiger partial charge is 0.289 e. The molecule has 0 N–H and O–H groups in total. The highest BCUT2D eigenvalue weighted by Gasteiger charge is 2.18. The molecular formula is C22H21N3O3. The summed E-state index contributed by atoms with van der Waals surface area (Å²) < 4.78 is 12.6. The Balaban J connectivity index is 1.65. The van der Waals surface area contributed by atoms with Crippen molar-refractivity contribution in [3.8, 4) is 5.75 Å². The van der Waals surface area contributed by atoms with Crippen LogP contribution in [-0.2, 0) is 13.1 Å². The third-order valence-electron chi connectivity index (χ3n) is 4.69. The van der Waals surface area contributed by atoms with Gasteiger partial charge in [-0.3, -0.25) is 4.79 Å². The van der Waals surface area contributed by atoms with Gasteiger partial charge in [0, 0.05) is 13.6 Å². The molecule has 0 aliphatic carbocycles. The van der Waals surface area contributed by atoms with E-state index < -0.39 is 0 Å². The first-order valence-corrected chi connectivity index (χ1v) is 9.02. The fourth-order valence-corrected chi connectivity index (χ4v) is 3.21. The molecule has 2 aromatic carbocycles. The maximum atomic E-state index is 12.5. The zero-order valence-corrected chi connectivity index (χ0v) is 15.8. The first-order valence-electron chi connectivity index (χ1n) is 9.02. The number of ether oxygens (including phenoxy) is 1. The van der Waals surface area contributed by atoms with Crippen LogP contribution in [-0.4, -0.2) is 34.5 Å². The molecule has 2 aromatic heterocycles. The summed E-state index contributed by atoms with van der Waals surface area (Å²) in [4.78, 5) is 18.9. The van der Waals surface area contributed by atoms with Gasteiger partial charge in [-0.15, -0.1) is 0 Å². The molecule has 0 fully saturated rings. The minimum absolute atomic E-state index is 0.173. The predicted molar refractivity (Wildman–Crippen MR) is 106 cm³/mol. The van der Waals surface area contributed by atoms with E-state index in [1.165, 1.54) is 6.26 Å². The van der Waals surface area contributed by atoms with Gasteiger partial charge in [-0.25, -0.2) is 4.98 Å². The lowest BCUT2D eigenvalue weighted by atomic mass is 10.2. The first-order chi connectivity index (χ1) is 13.7. The summed E-state index contributed by atoms with van der Waals surface area (Å²) >= 11 is 0. The maximum absolute atomic E-state index is 12.5. The highest BCUT2D eigenvalue weighted by molar-refractivity contribution is 5.91. The average Bonchev–Trinajstić information content (AvgIpc) is 3.37. The van der Waals surface area contributed by atoms with Crippen LogP contribution in [0, 0.1) is 0 Å². The van der Waals surface area contributed by atoms with E-state index in [0.29, 0.717) is 18.8 Å². The number of fused-ring (bicyclic) bond motifs is 1. The van der Waals surface area contributed by atoms with E-state index in [2.05, 4.69) is 4.57 Å². The van der Waals surface area contributed by atoms with Crippen LogP contribution in [0.4, 0.5) is 0 Å². The molecule has 0 aliphatic rings. The number of carbonyl (C=O) groups excluding carboxylic acids is 1. The number of benzene rings is 2. The van der Waals surface area contributed by atoms with Crippen LogP contribution >= 0.6 is 0 Å². The Morgan fingerprint density at radius 1 is 1.11 bits per heavy atom. The van der Waals surface area contributed by atoms with Crippen LogP contribution in [0.2, 0.25) is 0 Å². The number of methoxy groups -OCH3 is 1. The molecular weight excluding hydrogens is 354 g/mol. The number of furan rings is 1. The van der Waals surface area contributed by atoms with Crippen LogP contribution in [0.3, 0.4) is 0 Å². The molecule has 0 radical (unpaired) electrons. The molecule has 0 bridgehead atoms. The summed E-state index contributed by atoms with van der Waals surface area (Å²) in [7, 11) is 3.41. The summed E-state index contributed by atoms with van der Waals surface area (Å²) in [5, 5.41) is 0. The van der Waals surface area contributed by atoms with Crippen molar-refractivity contribution < 1.29 is 13.9 Å². The molecule has 0 saturated heterocycles. The van der Waals surface area contributed by atoms with E-state index in [1.54, 1.807) is 31.2 Å². The number of aromatic nitrogens is 2. The van der Waals surface area contributed by atoms with Gasteiger partial charge in [-0.1, -0.05) is 24.3 Å². The second-order valence-corrected chi connectivity index (χ2v) is 6.59. The van der Waals surface area contributed by atoms with Crippen LogP contribution in [0.5, 0.6) is 5.75 Å². The first kappa shape index (κ1) is 17.9. The number of rotatable bonds is 6. The lowest BCUT2D eigenvalue weighted by molar-refractivity contribution is 0.0748. The fourth-order valence-electron chi connectivity index (χ4n) is 3.21. The number of nitrogens with zero attached hydrogens (tertiary/aromatic N) is 3. The zero-order valence-electron chi connectivity index (χ0n) is 15.8. The second-order valence-electron chi connectivity index (χ2n) is 6.59. The standard InChI is InChI=1S/C22H21N3O3/c1-24(22(26)20-8-5-13-28-20)15-21-23-18-6-3-4-7-19(18)25(21)14-16-9-11-17(27-2)12-10-16/h3-13H,14-15H2,1-2H3. The van der Waals surface area contributed by atoms with Crippen LogP contribution in [0.1, 0.15) is 21.9 Å². The van der Waals surface area contributed by atoms with Crippen molar-refractivity contribution in [2.24, 2.45) is 0 Å². The van der Waals surface area contributed by atoms with E-state index >= 15 is 0 Å². The van der Waals surface area contributed by atoms with E-state index in [9.17, 15) is 4.79 Å². The van der Waals surface area contributed by atoms with Crippen molar-refractivity contribution in [2.75, 3.05) is 14.2 Å². The van der Waals surface area contributed by atoms with Crippen molar-refractivity contribution in [3.63, 3.8) is 0 Å². The Bertz CT molecular complexity index is 1080. The Morgan fingerprint density at radius 2 is 1.89 bits per heavy atom. The number of amides is 1. The van der Waals surface area contributed by atoms with Gasteiger partial charge in [0.2, 0.25) is 0 Å². The minimum Gasteiger partial charge on any atom is -0.497 e. The van der Waals surface area contributed by atoms with E-state index in [0.717, 1.165) is 28.2 Å². The number of hydrogen-bond donors (Lipinski definition) is 0. The van der Waals surface area contributed by atoms with Gasteiger partial charge in [0.15, 0.2) is 5.76 Å². The monoisotopic (exact) mass is 375 g/mol. The number of carbonyl (C=O) groups is 1. The van der Waals surface area contributed by atoms with Crippen LogP contribution < -0.4 is 4.74 Å². The normalized spacial score (nSPS) is 10.9. The minimum atomic E-state index is -0.173. The third-order valence-corrected chi connectivity index (χ3v) is 4.69. The molecule has 4 aromatic rings. The van der Waals surface area contributed by atoms with Crippen molar-refractivity contribution in [3.05, 3.63) is 84.1 Å². The highest BCUT2D eigenvalue weighted by Crippen LogP contribution is 2.21. The Hall–Kier alpha value is -3.54. The summed E-state index contributed by atoms with van der Waals surface area (Å²) in [5.41, 5.74) is 3.07. The molecule has 0 aliphatic heterocycles. The summed E-state index contributed by atoms with van der Waals surface area (Å²) in [6, 6.07) is 19.3. The number of imidazole rings is 1. The molecule has 142 valence electrons. The summed E-state index contributed by atoms with van der Waals surface area (Å²) in [6.07, 6.45) is 1.50. The van der Waals surface area contributed by atoms with Gasteiger partial charge >= 0.3 is 0 Å². The lowest BCUT2D eigenvalue weighted by Gasteiger charge is -2.17. The molecule has 4 rings (SSSR count). The van der Waals surface area contributed by atoms with Gasteiger partial charge in [0.05, 0.1) is 31.0 Å². The topological polar surface area (TPSA) is 60.5 Å². The van der Waals surface area contributed by atoms with Gasteiger partial charge in [0.1, 0.15) is 11.6 Å². The Labute approximate surface area is 163 Å². The Kier molecular flexibility index (Phi) is 4.85. The molecule has 0 unspecified atom stereocenters. The summed E-state index contributed by atoms with van der Waals surface area (Å²) in [5.74, 6) is 1.79. The SMILES string of the molecule is COc1ccc(Cn2c(CN(C)C(=O)c3ccco3)nc3ccccc32)cc1. The zero-order chi connectivity index (χ0) is 19.5. The molecule has 6 nitrogen and oxygen atoms in total. The quantitative estimate of drug-likeness (QED) is 0.512. The van der Waals surface area contributed by atoms with Crippen molar-refractivity contribution >= 4 is 16.9 Å². The van der Waals surface area contributed by atoms with Crippen LogP contribution in [0.15, 0.2) is 71.3 Å². The number of para-hydroxylation sites is 2. The number of hydrogen-bond acceptors (Lipinski definition) is 4. The molecule has 0 atom stereocenters. The molecule has 6 heteroatoms. The Morgan fingerprint density at radius 3 is 2.61 bits per heavy atom. The summed E-state index contributed by atoms with van der Waals surface area (Å²) in [6.45, 7) is 1.03. The average molecular weight is 375 g/mol. The third kappa shape index (κ3) is 3.49. The van der Waals surface area contributed by atoms with Crippen LogP contribution in [0.25, 0.3) is 11.0 Å². The lowest BCUT2D eigenvalue weighted by Crippen LogP contribution is -2.27. The molecule has 0 spiro atoms. The second kappa shape index (κ2) is 7.60. The van der Waals surface area contributed by atoms with Gasteiger partial charge < -0.3 is 18.6 Å². The van der Waals surface area contributed by atoms with Gasteiger partial charge in [-0.2, -0.15) is 0 Å². The van der Waals surface area contributed by atoms with Crippen molar-refractivity contribution in [1.29, 1.82) is 0 Å². The van der Waals surface area contributed by atoms with E-state index in [-0.39, 0.29) is 5.91 Å².